The van der Waals surface area contributed by atoms with Crippen molar-refractivity contribution in [2.75, 3.05) is 0 Å². The average molecular weight is 1110 g/mol. The Hall–Kier alpha value is -5.30. The van der Waals surface area contributed by atoms with Gasteiger partial charge in [-0.15, -0.1) is 0 Å². The van der Waals surface area contributed by atoms with Crippen LogP contribution in [0.2, 0.25) is 0 Å². The SMILES string of the molecule is O=S(=O)(O)c1ccc(-c2c3nc(c(-c4ccc(S(=O)(=O)O)cc4)c4ccc(c(-c5ccc(S(=O)(=O)O)cc5)c5nc(c(-c6ccc(S(=O)(=O)O)cc6)c6ccc2=6)C=C5)[n]4[Sn]([Cl])[Cl])C=C3)cc1. The van der Waals surface area contributed by atoms with Gasteiger partial charge < -0.3 is 0 Å². The van der Waals surface area contributed by atoms with Crippen LogP contribution in [-0.2, 0) is 40.5 Å². The molecule has 0 spiro atoms. The molecule has 0 saturated carbocycles. The predicted octanol–water partition coefficient (Wildman–Crippen LogP) is 8.78. The second-order valence-electron chi connectivity index (χ2n) is 14.8. The quantitative estimate of drug-likeness (QED) is 0.0780. The number of halogens is 2. The predicted molar refractivity (Wildman–Crippen MR) is 251 cm³/mol. The first-order valence-electron chi connectivity index (χ1n) is 19.0. The molecular weight excluding hydrogens is 1080 g/mol. The Morgan fingerprint density at radius 3 is 0.833 bits per heavy atom. The third-order valence-corrected chi connectivity index (χ3v) is 19.0. The van der Waals surface area contributed by atoms with E-state index in [-0.39, 0.29) is 19.6 Å². The van der Waals surface area contributed by atoms with Crippen LogP contribution in [-0.4, -0.2) is 82.4 Å². The minimum atomic E-state index is -4.60. The number of hydrogen-bond donors (Lipinski definition) is 4. The van der Waals surface area contributed by atoms with Gasteiger partial charge in [-0.25, -0.2) is 0 Å². The third-order valence-electron chi connectivity index (χ3n) is 10.9. The summed E-state index contributed by atoms with van der Waals surface area (Å²) >= 11 is -3.80. The molecule has 4 N–H and O–H groups in total. The van der Waals surface area contributed by atoms with Crippen LogP contribution in [0, 0.1) is 10.4 Å². The van der Waals surface area contributed by atoms with Crippen molar-refractivity contribution in [2.24, 2.45) is 0 Å². The van der Waals surface area contributed by atoms with Gasteiger partial charge in [-0.05, 0) is 0 Å². The summed E-state index contributed by atoms with van der Waals surface area (Å²) in [5.74, 6) is 0. The fraction of sp³-hybridized carbons (Fsp3) is 0. The van der Waals surface area contributed by atoms with Gasteiger partial charge in [0.1, 0.15) is 0 Å². The number of hydrogen-bond acceptors (Lipinski definition) is 10. The zero-order valence-electron chi connectivity index (χ0n) is 33.1. The molecule has 3 aliphatic heterocycles. The normalized spacial score (nSPS) is 13.2. The van der Waals surface area contributed by atoms with Gasteiger partial charge in [-0.1, -0.05) is 0 Å². The van der Waals surface area contributed by atoms with E-state index in [1.165, 1.54) is 97.1 Å². The van der Waals surface area contributed by atoms with E-state index in [9.17, 15) is 51.9 Å². The van der Waals surface area contributed by atoms with Crippen molar-refractivity contribution in [3.63, 3.8) is 0 Å². The molecule has 9 rings (SSSR count). The first-order chi connectivity index (χ1) is 31.1. The summed E-state index contributed by atoms with van der Waals surface area (Å²) in [5, 5.41) is 1.16. The summed E-state index contributed by atoms with van der Waals surface area (Å²) in [6, 6.07) is 28.8. The molecule has 6 bridgehead atoms. The van der Waals surface area contributed by atoms with E-state index < -0.39 is 58.3 Å². The maximum absolute atomic E-state index is 12.1. The van der Waals surface area contributed by atoms with Gasteiger partial charge in [0.15, 0.2) is 0 Å². The van der Waals surface area contributed by atoms with Crippen molar-refractivity contribution in [2.45, 2.75) is 19.6 Å². The molecule has 66 heavy (non-hydrogen) atoms. The van der Waals surface area contributed by atoms with Gasteiger partial charge in [-0.2, -0.15) is 16.8 Å². The van der Waals surface area contributed by atoms with Gasteiger partial charge in [0.2, 0.25) is 0 Å². The maximum atomic E-state index is 12.1. The molecule has 1 radical (unpaired) electrons. The van der Waals surface area contributed by atoms with Gasteiger partial charge in [0.25, 0.3) is 0 Å². The molecule has 0 atom stereocenters. The van der Waals surface area contributed by atoms with E-state index in [4.69, 9.17) is 27.8 Å². The van der Waals surface area contributed by atoms with Gasteiger partial charge >= 0.3 is 369 Å². The molecule has 15 nitrogen and oxygen atoms in total. The summed E-state index contributed by atoms with van der Waals surface area (Å²) < 4.78 is 138. The molecule has 0 amide bonds. The Morgan fingerprint density at radius 2 is 0.606 bits per heavy atom. The van der Waals surface area contributed by atoms with Crippen molar-refractivity contribution in [1.82, 2.24) is 12.8 Å². The van der Waals surface area contributed by atoms with Crippen LogP contribution in [0.1, 0.15) is 22.8 Å². The molecule has 0 saturated heterocycles. The second-order valence-corrected chi connectivity index (χ2v) is 29.2. The summed E-state index contributed by atoms with van der Waals surface area (Å²) in [6.07, 6.45) is 6.87. The van der Waals surface area contributed by atoms with Gasteiger partial charge in [0, 0.05) is 0 Å². The van der Waals surface area contributed by atoms with E-state index >= 15 is 0 Å². The molecule has 1 aliphatic carbocycles. The van der Waals surface area contributed by atoms with Crippen LogP contribution >= 0.6 is 17.8 Å². The van der Waals surface area contributed by atoms with Crippen molar-refractivity contribution in [3.05, 3.63) is 155 Å². The Kier molecular flexibility index (Phi) is 11.7. The fourth-order valence-corrected chi connectivity index (χ4v) is 14.4. The van der Waals surface area contributed by atoms with Crippen molar-refractivity contribution < 1.29 is 51.9 Å². The molecule has 4 aliphatic rings. The zero-order valence-corrected chi connectivity index (χ0v) is 40.8. The van der Waals surface area contributed by atoms with E-state index in [0.29, 0.717) is 88.8 Å². The third kappa shape index (κ3) is 8.60. The second kappa shape index (κ2) is 16.8. The molecule has 22 heteroatoms. The summed E-state index contributed by atoms with van der Waals surface area (Å²) in [7, 11) is -4.22. The monoisotopic (exact) mass is 1110 g/mol. The molecule has 1 aromatic heterocycles. The van der Waals surface area contributed by atoms with Crippen LogP contribution < -0.4 is 0 Å². The van der Waals surface area contributed by atoms with Crippen LogP contribution in [0.3, 0.4) is 0 Å². The number of fused-ring (bicyclic) bond motifs is 6. The number of rotatable bonds is 9. The van der Waals surface area contributed by atoms with E-state index in [1.807, 2.05) is 0 Å². The zero-order chi connectivity index (χ0) is 47.1. The first-order valence-corrected chi connectivity index (χ1v) is 33.3. The molecule has 5 aromatic rings. The molecule has 4 aromatic carbocycles. The molecule has 0 unspecified atom stereocenters. The summed E-state index contributed by atoms with van der Waals surface area (Å²) in [4.78, 5) is 8.80. The minimum absolute atomic E-state index is 0.345. The van der Waals surface area contributed by atoms with Crippen LogP contribution in [0.15, 0.2) is 141 Å². The molecular formula is C44H28Cl2N3O12S4Sn. The fourth-order valence-electron chi connectivity index (χ4n) is 7.89. The van der Waals surface area contributed by atoms with Gasteiger partial charge in [0.05, 0.1) is 0 Å². The van der Waals surface area contributed by atoms with Crippen LogP contribution in [0.5, 0.6) is 0 Å². The van der Waals surface area contributed by atoms with E-state index in [1.54, 1.807) is 51.4 Å². The van der Waals surface area contributed by atoms with E-state index in [0.717, 1.165) is 0 Å². The van der Waals surface area contributed by atoms with Crippen molar-refractivity contribution in [1.29, 1.82) is 0 Å². The Morgan fingerprint density at radius 1 is 0.364 bits per heavy atom. The average Bonchev–Trinajstić information content (AvgIpc) is 4.02. The van der Waals surface area contributed by atoms with Crippen LogP contribution in [0.4, 0.5) is 0 Å². The number of nitrogens with zero attached hydrogens (tertiary/aromatic N) is 3. The van der Waals surface area contributed by atoms with Crippen molar-refractivity contribution in [3.8, 4) is 44.5 Å². The summed E-state index contributed by atoms with van der Waals surface area (Å²) in [5.41, 5.74) is 5.95. The Bertz CT molecular complexity index is 3670. The standard InChI is InChI=1S/C44H28N3O12S4.2ClH.Sn/c48-60(49,50)29-9-1-25(2-10-29)41-33-17-18-34(33)42(26-3-11-30(12-4-26)61(51,52)53)36-20-22-38(46-36)44(28-7-15-32(16-8-28)63(57,58)59)40-24-23-39(47-40)43(37-21-19-35(41)45-37)27-5-13-31(14-6-27)62(54,55)56;;;/h1-24H,(H,48,49,50)(H,51,52,53)(H,54,55,56)(H,57,58,59);2*1H;/q-1;;;+3/p-2. The first kappa shape index (κ1) is 45.8. The van der Waals surface area contributed by atoms with Gasteiger partial charge in [-0.3, -0.25) is 9.11 Å². The number of benzene rings is 4. The molecule has 4 heterocycles. The van der Waals surface area contributed by atoms with E-state index in [2.05, 4.69) is 0 Å². The number of aromatic nitrogens is 3. The van der Waals surface area contributed by atoms with Crippen molar-refractivity contribution >= 4 is 111 Å². The molecule has 333 valence electrons. The molecule has 0 fully saturated rings. The topological polar surface area (TPSA) is 248 Å². The van der Waals surface area contributed by atoms with Crippen LogP contribution in [0.25, 0.3) is 79.8 Å². The Labute approximate surface area is 391 Å². The summed E-state index contributed by atoms with van der Waals surface area (Å²) in [6.45, 7) is 0. The Balaban J connectivity index is 1.52.